The Labute approximate surface area is 199 Å². The molecular weight excluding hydrogens is 446 g/mol. The average molecular weight is 480 g/mol. The van der Waals surface area contributed by atoms with E-state index in [0.717, 1.165) is 23.4 Å². The number of amides is 1. The van der Waals surface area contributed by atoms with Gasteiger partial charge >= 0.3 is 0 Å². The van der Waals surface area contributed by atoms with Crippen molar-refractivity contribution in [2.45, 2.75) is 41.2 Å². The van der Waals surface area contributed by atoms with E-state index < -0.39 is 0 Å². The number of aromatic hydroxyl groups is 1. The smallest absolute Gasteiger partial charge is 0.267 e. The monoisotopic (exact) mass is 479 g/mol. The van der Waals surface area contributed by atoms with Crippen molar-refractivity contribution in [2.24, 2.45) is 5.92 Å². The topological polar surface area (TPSA) is 104 Å². The molecule has 3 aromatic heterocycles. The van der Waals surface area contributed by atoms with Gasteiger partial charge in [-0.2, -0.15) is 8.75 Å². The first kappa shape index (κ1) is 29.0. The molecule has 1 amide bonds. The van der Waals surface area contributed by atoms with E-state index in [1.165, 1.54) is 16.2 Å². The standard InChI is InChI=1S/C14H15N5O3S2.C4H10.C2H6.C2H2/c1-19(2)14(21)11-10(20)9(7-23-11)16-13-12(17-24-18-13)15-6-8-4-3-5-22-8;1-4(2)3;2*1-2/h3-5,7,20H,6H2,1-2H3,(H,15,17)(H,16,18);4H,1-3H3;1-2H3;1-2H. The Hall–Kier alpha value is -3.03. The van der Waals surface area contributed by atoms with E-state index in [2.05, 4.69) is 53.0 Å². The van der Waals surface area contributed by atoms with Crippen molar-refractivity contribution in [3.8, 4) is 18.6 Å². The van der Waals surface area contributed by atoms with Crippen LogP contribution in [-0.4, -0.2) is 38.8 Å². The van der Waals surface area contributed by atoms with Crippen molar-refractivity contribution in [3.05, 3.63) is 34.4 Å². The van der Waals surface area contributed by atoms with Gasteiger partial charge in [0.25, 0.3) is 5.91 Å². The summed E-state index contributed by atoms with van der Waals surface area (Å²) in [4.78, 5) is 13.7. The van der Waals surface area contributed by atoms with Crippen LogP contribution in [-0.2, 0) is 6.54 Å². The van der Waals surface area contributed by atoms with Gasteiger partial charge in [0.15, 0.2) is 17.4 Å². The third kappa shape index (κ3) is 9.41. The third-order valence-corrected chi connectivity index (χ3v) is 4.60. The normalized spacial score (nSPS) is 9.31. The van der Waals surface area contributed by atoms with Crippen LogP contribution in [0.5, 0.6) is 5.75 Å². The summed E-state index contributed by atoms with van der Waals surface area (Å²) in [5.74, 6) is 2.28. The lowest BCUT2D eigenvalue weighted by Gasteiger charge is -2.09. The fraction of sp³-hybridized carbons (Fsp3) is 0.409. The van der Waals surface area contributed by atoms with Crippen molar-refractivity contribution in [1.29, 1.82) is 0 Å². The molecule has 8 nitrogen and oxygen atoms in total. The molecule has 0 unspecified atom stereocenters. The summed E-state index contributed by atoms with van der Waals surface area (Å²) < 4.78 is 13.6. The zero-order valence-corrected chi connectivity index (χ0v) is 21.3. The van der Waals surface area contributed by atoms with Crippen LogP contribution in [0, 0.1) is 18.8 Å². The lowest BCUT2D eigenvalue weighted by atomic mass is 10.3. The van der Waals surface area contributed by atoms with Crippen LogP contribution in [0.1, 0.15) is 50.1 Å². The minimum Gasteiger partial charge on any atom is -0.504 e. The van der Waals surface area contributed by atoms with Gasteiger partial charge < -0.3 is 25.1 Å². The first-order valence-electron chi connectivity index (χ1n) is 10.0. The molecule has 3 aromatic rings. The van der Waals surface area contributed by atoms with Crippen LogP contribution in [0.2, 0.25) is 0 Å². The van der Waals surface area contributed by atoms with Gasteiger partial charge in [0.1, 0.15) is 10.6 Å². The highest BCUT2D eigenvalue weighted by atomic mass is 32.1. The molecule has 32 heavy (non-hydrogen) atoms. The largest absolute Gasteiger partial charge is 0.504 e. The highest BCUT2D eigenvalue weighted by molar-refractivity contribution is 7.13. The van der Waals surface area contributed by atoms with Crippen LogP contribution in [0.3, 0.4) is 0 Å². The number of hydrogen-bond acceptors (Lipinski definition) is 9. The maximum atomic E-state index is 12.0. The molecule has 0 saturated heterocycles. The Morgan fingerprint density at radius 3 is 2.34 bits per heavy atom. The van der Waals surface area contributed by atoms with Gasteiger partial charge in [-0.15, -0.1) is 24.2 Å². The number of aromatic nitrogens is 2. The molecule has 3 N–H and O–H groups in total. The number of furan rings is 1. The highest BCUT2D eigenvalue weighted by Gasteiger charge is 2.20. The lowest BCUT2D eigenvalue weighted by molar-refractivity contribution is 0.0829. The van der Waals surface area contributed by atoms with Gasteiger partial charge in [-0.1, -0.05) is 34.6 Å². The Morgan fingerprint density at radius 1 is 1.22 bits per heavy atom. The van der Waals surface area contributed by atoms with Crippen LogP contribution in [0.4, 0.5) is 17.3 Å². The second kappa shape index (κ2) is 15.7. The summed E-state index contributed by atoms with van der Waals surface area (Å²) in [6, 6.07) is 3.66. The quantitative estimate of drug-likeness (QED) is 0.379. The third-order valence-electron chi connectivity index (χ3n) is 3.12. The van der Waals surface area contributed by atoms with Crippen molar-refractivity contribution < 1.29 is 14.3 Å². The number of rotatable bonds is 6. The SMILES string of the molecule is C#C.CC.CC(C)C.CN(C)C(=O)c1scc(Nc2nsnc2NCc2ccco2)c1O. The molecule has 0 aromatic carbocycles. The number of carbonyl (C=O) groups excluding carboxylic acids is 1. The summed E-state index contributed by atoms with van der Waals surface area (Å²) in [6.45, 7) is 11.0. The fourth-order valence-electron chi connectivity index (χ4n) is 1.89. The van der Waals surface area contributed by atoms with Gasteiger partial charge in [0, 0.05) is 19.5 Å². The van der Waals surface area contributed by atoms with Crippen molar-refractivity contribution in [2.75, 3.05) is 24.7 Å². The van der Waals surface area contributed by atoms with E-state index in [-0.39, 0.29) is 16.5 Å². The lowest BCUT2D eigenvalue weighted by Crippen LogP contribution is -2.20. The van der Waals surface area contributed by atoms with Crippen LogP contribution < -0.4 is 10.6 Å². The summed E-state index contributed by atoms with van der Waals surface area (Å²) in [7, 11) is 3.27. The average Bonchev–Trinajstić information content (AvgIpc) is 3.52. The molecule has 0 radical (unpaired) electrons. The molecule has 0 spiro atoms. The number of hydrogen-bond donors (Lipinski definition) is 3. The first-order chi connectivity index (χ1) is 15.3. The number of anilines is 3. The van der Waals surface area contributed by atoms with Crippen LogP contribution in [0.25, 0.3) is 0 Å². The predicted octanol–water partition coefficient (Wildman–Crippen LogP) is 5.89. The van der Waals surface area contributed by atoms with Crippen molar-refractivity contribution in [3.63, 3.8) is 0 Å². The molecule has 0 aliphatic heterocycles. The molecule has 0 saturated carbocycles. The predicted molar refractivity (Wildman–Crippen MR) is 135 cm³/mol. The van der Waals surface area contributed by atoms with Gasteiger partial charge in [0.05, 0.1) is 30.2 Å². The molecule has 10 heteroatoms. The minimum atomic E-state index is -0.252. The zero-order chi connectivity index (χ0) is 24.7. The molecule has 0 aliphatic rings. The Morgan fingerprint density at radius 2 is 1.81 bits per heavy atom. The number of terminal acetylenes is 1. The second-order valence-corrected chi connectivity index (χ2v) is 8.19. The van der Waals surface area contributed by atoms with E-state index in [0.29, 0.717) is 23.9 Å². The Balaban J connectivity index is 0.00000106. The summed E-state index contributed by atoms with van der Waals surface area (Å²) in [6.07, 6.45) is 9.60. The molecule has 3 heterocycles. The van der Waals surface area contributed by atoms with Gasteiger partial charge in [-0.05, 0) is 18.1 Å². The second-order valence-electron chi connectivity index (χ2n) is 6.78. The molecule has 0 atom stereocenters. The Bertz CT molecular complexity index is 913. The van der Waals surface area contributed by atoms with E-state index in [1.54, 1.807) is 25.7 Å². The van der Waals surface area contributed by atoms with E-state index in [1.807, 2.05) is 26.0 Å². The van der Waals surface area contributed by atoms with E-state index in [9.17, 15) is 9.90 Å². The van der Waals surface area contributed by atoms with Crippen LogP contribution >= 0.6 is 23.1 Å². The molecule has 3 rings (SSSR count). The molecular formula is C22H33N5O3S2. The molecule has 0 aliphatic carbocycles. The number of nitrogens with one attached hydrogen (secondary N) is 2. The maximum Gasteiger partial charge on any atom is 0.267 e. The summed E-state index contributed by atoms with van der Waals surface area (Å²) in [5.41, 5.74) is 0.416. The van der Waals surface area contributed by atoms with Gasteiger partial charge in [-0.3, -0.25) is 4.79 Å². The van der Waals surface area contributed by atoms with Crippen LogP contribution in [0.15, 0.2) is 28.2 Å². The molecule has 0 fully saturated rings. The highest BCUT2D eigenvalue weighted by Crippen LogP contribution is 2.37. The Kier molecular flexibility index (Phi) is 14.2. The molecule has 0 bridgehead atoms. The summed E-state index contributed by atoms with van der Waals surface area (Å²) >= 11 is 2.21. The fourth-order valence-corrected chi connectivity index (χ4v) is 3.29. The van der Waals surface area contributed by atoms with Gasteiger partial charge in [0.2, 0.25) is 0 Å². The van der Waals surface area contributed by atoms with E-state index in [4.69, 9.17) is 4.42 Å². The maximum absolute atomic E-state index is 12.0. The van der Waals surface area contributed by atoms with Crippen molar-refractivity contribution >= 4 is 46.3 Å². The zero-order valence-electron chi connectivity index (χ0n) is 19.7. The molecule has 176 valence electrons. The summed E-state index contributed by atoms with van der Waals surface area (Å²) in [5, 5.41) is 18.0. The first-order valence-corrected chi connectivity index (χ1v) is 11.6. The number of nitrogens with zero attached hydrogens (tertiary/aromatic N) is 3. The number of carbonyl (C=O) groups is 1. The number of thiophene rings is 1. The van der Waals surface area contributed by atoms with Gasteiger partial charge in [-0.25, -0.2) is 0 Å². The van der Waals surface area contributed by atoms with Crippen molar-refractivity contribution in [1.82, 2.24) is 13.6 Å². The van der Waals surface area contributed by atoms with E-state index >= 15 is 0 Å². The minimum absolute atomic E-state index is 0.0938.